The lowest BCUT2D eigenvalue weighted by Gasteiger charge is -2.16. The number of nitro benzene ring substituents is 1. The Morgan fingerprint density at radius 2 is 2.10 bits per heavy atom. The number of benzene rings is 1. The monoisotopic (exact) mass is 292 g/mol. The zero-order valence-electron chi connectivity index (χ0n) is 11.0. The van der Waals surface area contributed by atoms with E-state index >= 15 is 0 Å². The molecule has 0 bridgehead atoms. The van der Waals surface area contributed by atoms with Crippen LogP contribution in [0, 0.1) is 17.0 Å². The third-order valence-electron chi connectivity index (χ3n) is 2.38. The van der Waals surface area contributed by atoms with Crippen molar-refractivity contribution in [2.24, 2.45) is 0 Å². The van der Waals surface area contributed by atoms with Gasteiger partial charge in [0.05, 0.1) is 11.5 Å². The number of hydrogen-bond donors (Lipinski definition) is 1. The Balaban J connectivity index is 2.63. The summed E-state index contributed by atoms with van der Waals surface area (Å²) in [6.07, 6.45) is -4.38. The molecule has 0 spiro atoms. The molecule has 0 amide bonds. The lowest BCUT2D eigenvalue weighted by molar-refractivity contribution is -0.384. The number of alkyl halides is 3. The van der Waals surface area contributed by atoms with E-state index < -0.39 is 23.7 Å². The van der Waals surface area contributed by atoms with E-state index in [9.17, 15) is 23.3 Å². The maximum Gasteiger partial charge on any atom is 0.411 e. The molecule has 1 rings (SSSR count). The number of halogens is 3. The standard InChI is InChI=1S/C12H15F3N2O3/c1-8-3-4-11(17(18)19)10(5-8)16-9(2)6-20-7-12(13,14)15/h3-5,9,16H,6-7H2,1-2H3/t9-/m1/s1. The predicted octanol–water partition coefficient (Wildman–Crippen LogP) is 3.28. The van der Waals surface area contributed by atoms with Crippen molar-refractivity contribution >= 4 is 11.4 Å². The van der Waals surface area contributed by atoms with Gasteiger partial charge in [0, 0.05) is 12.1 Å². The average molecular weight is 292 g/mol. The van der Waals surface area contributed by atoms with Gasteiger partial charge in [0.25, 0.3) is 5.69 Å². The molecule has 0 aromatic heterocycles. The average Bonchev–Trinajstić information content (AvgIpc) is 2.26. The van der Waals surface area contributed by atoms with Gasteiger partial charge in [-0.1, -0.05) is 6.07 Å². The fourth-order valence-corrected chi connectivity index (χ4v) is 1.58. The minimum Gasteiger partial charge on any atom is -0.375 e. The molecule has 0 aliphatic carbocycles. The van der Waals surface area contributed by atoms with Gasteiger partial charge in [-0.15, -0.1) is 0 Å². The molecule has 0 radical (unpaired) electrons. The summed E-state index contributed by atoms with van der Waals surface area (Å²) in [6, 6.07) is 4.02. The molecule has 8 heteroatoms. The Morgan fingerprint density at radius 1 is 1.45 bits per heavy atom. The SMILES string of the molecule is Cc1ccc([N+](=O)[O-])c(N[C@H](C)COCC(F)(F)F)c1. The van der Waals surface area contributed by atoms with Crippen LogP contribution in [0.1, 0.15) is 12.5 Å². The topological polar surface area (TPSA) is 64.4 Å². The van der Waals surface area contributed by atoms with Crippen LogP contribution < -0.4 is 5.32 Å². The number of nitro groups is 1. The van der Waals surface area contributed by atoms with E-state index in [0.29, 0.717) is 0 Å². The maximum atomic E-state index is 11.9. The predicted molar refractivity (Wildman–Crippen MR) is 67.8 cm³/mol. The number of nitrogens with zero attached hydrogens (tertiary/aromatic N) is 1. The molecule has 1 N–H and O–H groups in total. The zero-order valence-corrected chi connectivity index (χ0v) is 11.0. The van der Waals surface area contributed by atoms with Crippen molar-refractivity contribution in [3.8, 4) is 0 Å². The molecular formula is C12H15F3N2O3. The minimum atomic E-state index is -4.38. The second-order valence-electron chi connectivity index (χ2n) is 4.45. The minimum absolute atomic E-state index is 0.127. The van der Waals surface area contributed by atoms with Crippen molar-refractivity contribution < 1.29 is 22.8 Å². The number of rotatable bonds is 6. The molecule has 0 aliphatic rings. The summed E-state index contributed by atoms with van der Waals surface area (Å²) in [7, 11) is 0. The third kappa shape index (κ3) is 5.43. The largest absolute Gasteiger partial charge is 0.411 e. The van der Waals surface area contributed by atoms with Gasteiger partial charge in [-0.25, -0.2) is 0 Å². The molecule has 0 fully saturated rings. The number of aryl methyl sites for hydroxylation is 1. The lowest BCUT2D eigenvalue weighted by atomic mass is 10.2. The first-order valence-corrected chi connectivity index (χ1v) is 5.85. The van der Waals surface area contributed by atoms with Crippen molar-refractivity contribution in [1.82, 2.24) is 0 Å². The number of anilines is 1. The smallest absolute Gasteiger partial charge is 0.375 e. The normalized spacial score (nSPS) is 13.1. The van der Waals surface area contributed by atoms with E-state index in [1.165, 1.54) is 6.07 Å². The summed E-state index contributed by atoms with van der Waals surface area (Å²) in [5.41, 5.74) is 0.942. The molecule has 1 aromatic rings. The van der Waals surface area contributed by atoms with Crippen molar-refractivity contribution in [1.29, 1.82) is 0 Å². The number of ether oxygens (including phenoxy) is 1. The zero-order chi connectivity index (χ0) is 15.3. The first-order chi connectivity index (χ1) is 9.19. The highest BCUT2D eigenvalue weighted by atomic mass is 19.4. The van der Waals surface area contributed by atoms with E-state index in [1.54, 1.807) is 26.0 Å². The maximum absolute atomic E-state index is 11.9. The summed E-state index contributed by atoms with van der Waals surface area (Å²) < 4.78 is 40.3. The molecule has 112 valence electrons. The van der Waals surface area contributed by atoms with Crippen LogP contribution in [0.15, 0.2) is 18.2 Å². The van der Waals surface area contributed by atoms with Crippen LogP contribution >= 0.6 is 0 Å². The molecule has 20 heavy (non-hydrogen) atoms. The molecule has 1 aromatic carbocycles. The molecule has 0 saturated heterocycles. The van der Waals surface area contributed by atoms with Crippen LogP contribution in [0.2, 0.25) is 0 Å². The quantitative estimate of drug-likeness (QED) is 0.645. The second kappa shape index (κ2) is 6.56. The van der Waals surface area contributed by atoms with Crippen LogP contribution in [0.25, 0.3) is 0 Å². The molecule has 0 saturated carbocycles. The van der Waals surface area contributed by atoms with Crippen LogP contribution in [0.4, 0.5) is 24.5 Å². The van der Waals surface area contributed by atoms with E-state index in [0.717, 1.165) is 5.56 Å². The van der Waals surface area contributed by atoms with Gasteiger partial charge < -0.3 is 10.1 Å². The Morgan fingerprint density at radius 3 is 2.65 bits per heavy atom. The van der Waals surface area contributed by atoms with Gasteiger partial charge in [-0.2, -0.15) is 13.2 Å². The van der Waals surface area contributed by atoms with Gasteiger partial charge in [0.1, 0.15) is 12.3 Å². The Labute approximate surface area is 113 Å². The summed E-state index contributed by atoms with van der Waals surface area (Å²) in [5.74, 6) is 0. The molecule has 0 aliphatic heterocycles. The number of hydrogen-bond acceptors (Lipinski definition) is 4. The van der Waals surface area contributed by atoms with E-state index in [1.807, 2.05) is 0 Å². The Kier molecular flexibility index (Phi) is 5.32. The first kappa shape index (κ1) is 16.2. The third-order valence-corrected chi connectivity index (χ3v) is 2.38. The molecule has 5 nitrogen and oxygen atoms in total. The van der Waals surface area contributed by atoms with Crippen molar-refractivity contribution in [3.63, 3.8) is 0 Å². The van der Waals surface area contributed by atoms with Gasteiger partial charge in [-0.05, 0) is 25.5 Å². The van der Waals surface area contributed by atoms with Crippen LogP contribution in [0.5, 0.6) is 0 Å². The van der Waals surface area contributed by atoms with Crippen molar-refractivity contribution in [2.45, 2.75) is 26.1 Å². The number of nitrogens with one attached hydrogen (secondary N) is 1. The van der Waals surface area contributed by atoms with Crippen molar-refractivity contribution in [3.05, 3.63) is 33.9 Å². The van der Waals surface area contributed by atoms with Gasteiger partial charge >= 0.3 is 6.18 Å². The summed E-state index contributed by atoms with van der Waals surface area (Å²) >= 11 is 0. The van der Waals surface area contributed by atoms with E-state index in [-0.39, 0.29) is 18.0 Å². The molecule has 1 atom stereocenters. The van der Waals surface area contributed by atoms with Crippen LogP contribution in [0.3, 0.4) is 0 Å². The highest BCUT2D eigenvalue weighted by Crippen LogP contribution is 2.26. The van der Waals surface area contributed by atoms with Crippen LogP contribution in [-0.2, 0) is 4.74 Å². The fourth-order valence-electron chi connectivity index (χ4n) is 1.58. The van der Waals surface area contributed by atoms with Gasteiger partial charge in [-0.3, -0.25) is 10.1 Å². The summed E-state index contributed by atoms with van der Waals surface area (Å²) in [5, 5.41) is 13.6. The molecular weight excluding hydrogens is 277 g/mol. The Hall–Kier alpha value is -1.83. The molecule has 0 unspecified atom stereocenters. The fraction of sp³-hybridized carbons (Fsp3) is 0.500. The van der Waals surface area contributed by atoms with Gasteiger partial charge in [0.2, 0.25) is 0 Å². The second-order valence-corrected chi connectivity index (χ2v) is 4.45. The van der Waals surface area contributed by atoms with Gasteiger partial charge in [0.15, 0.2) is 0 Å². The first-order valence-electron chi connectivity index (χ1n) is 5.85. The van der Waals surface area contributed by atoms with E-state index in [4.69, 9.17) is 0 Å². The highest BCUT2D eigenvalue weighted by Gasteiger charge is 2.27. The molecule has 0 heterocycles. The van der Waals surface area contributed by atoms with Crippen molar-refractivity contribution in [2.75, 3.05) is 18.5 Å². The highest BCUT2D eigenvalue weighted by molar-refractivity contribution is 5.63. The van der Waals surface area contributed by atoms with Crippen LogP contribution in [-0.4, -0.2) is 30.4 Å². The summed E-state index contributed by atoms with van der Waals surface area (Å²) in [4.78, 5) is 10.3. The van der Waals surface area contributed by atoms with E-state index in [2.05, 4.69) is 10.1 Å². The lowest BCUT2D eigenvalue weighted by Crippen LogP contribution is -2.26. The summed E-state index contributed by atoms with van der Waals surface area (Å²) in [6.45, 7) is 1.81. The Bertz CT molecular complexity index is 478.